The second-order valence-electron chi connectivity index (χ2n) is 14.2. The smallest absolute Gasteiger partial charge is 0.137 e. The minimum atomic E-state index is -0.278. The quantitative estimate of drug-likeness (QED) is 0.178. The van der Waals surface area contributed by atoms with Crippen molar-refractivity contribution >= 4 is 70.5 Å². The fourth-order valence-corrected chi connectivity index (χ4v) is 9.85. The number of hydrogen-bond donors (Lipinski definition) is 0. The lowest BCUT2D eigenvalue weighted by Gasteiger charge is -2.28. The van der Waals surface area contributed by atoms with Gasteiger partial charge in [0.15, 0.2) is 0 Å². The molecule has 0 radical (unpaired) electrons. The SMILES string of the molecule is CC1(c2ccc3c(c2)oc2cc(N(c4ccc(-c5ccccc5)cc4)c4ccc5c(c4)sc4ccccc45)ccc23)c2ccccc2-c2ccccc21. The van der Waals surface area contributed by atoms with Crippen molar-refractivity contribution in [3.8, 4) is 22.3 Å². The summed E-state index contributed by atoms with van der Waals surface area (Å²) in [6.45, 7) is 2.36. The lowest BCUT2D eigenvalue weighted by molar-refractivity contribution is 0.662. The topological polar surface area (TPSA) is 16.4 Å². The molecule has 0 saturated heterocycles. The molecule has 8 aromatic carbocycles. The molecule has 2 aromatic heterocycles. The molecule has 53 heavy (non-hydrogen) atoms. The summed E-state index contributed by atoms with van der Waals surface area (Å²) in [6.07, 6.45) is 0. The van der Waals surface area contributed by atoms with Crippen LogP contribution in [0.5, 0.6) is 0 Å². The Bertz CT molecular complexity index is 2980. The Morgan fingerprint density at radius 2 is 0.981 bits per heavy atom. The number of rotatable bonds is 5. The maximum atomic E-state index is 6.80. The van der Waals surface area contributed by atoms with Gasteiger partial charge in [0.25, 0.3) is 0 Å². The lowest BCUT2D eigenvalue weighted by atomic mass is 9.74. The predicted molar refractivity (Wildman–Crippen MR) is 224 cm³/mol. The Hall–Kier alpha value is -6.42. The van der Waals surface area contributed by atoms with Gasteiger partial charge in [0.05, 0.1) is 0 Å². The summed E-state index contributed by atoms with van der Waals surface area (Å²) in [5.41, 5.74) is 13.7. The van der Waals surface area contributed by atoms with Crippen LogP contribution in [0.2, 0.25) is 0 Å². The second-order valence-corrected chi connectivity index (χ2v) is 15.3. The van der Waals surface area contributed by atoms with E-state index in [0.29, 0.717) is 0 Å². The second kappa shape index (κ2) is 11.5. The monoisotopic (exact) mass is 695 g/mol. The lowest BCUT2D eigenvalue weighted by Crippen LogP contribution is -2.22. The van der Waals surface area contributed by atoms with Gasteiger partial charge in [-0.1, -0.05) is 127 Å². The van der Waals surface area contributed by atoms with Crippen LogP contribution in [0, 0.1) is 0 Å². The highest BCUT2D eigenvalue weighted by Gasteiger charge is 2.40. The molecule has 1 aliphatic rings. The first kappa shape index (κ1) is 30.2. The van der Waals surface area contributed by atoms with Gasteiger partial charge in [-0.3, -0.25) is 0 Å². The first-order valence-electron chi connectivity index (χ1n) is 18.2. The van der Waals surface area contributed by atoms with Crippen molar-refractivity contribution < 1.29 is 4.42 Å². The van der Waals surface area contributed by atoms with Gasteiger partial charge in [-0.2, -0.15) is 0 Å². The van der Waals surface area contributed by atoms with Gasteiger partial charge in [0, 0.05) is 59.5 Å². The minimum absolute atomic E-state index is 0.278. The first-order chi connectivity index (χ1) is 26.1. The Morgan fingerprint density at radius 3 is 1.74 bits per heavy atom. The van der Waals surface area contributed by atoms with Crippen molar-refractivity contribution in [2.24, 2.45) is 0 Å². The van der Waals surface area contributed by atoms with Crippen LogP contribution in [-0.2, 0) is 5.41 Å². The highest BCUT2D eigenvalue weighted by Crippen LogP contribution is 2.53. The van der Waals surface area contributed by atoms with E-state index in [1.54, 1.807) is 0 Å². The van der Waals surface area contributed by atoms with Crippen LogP contribution in [-0.4, -0.2) is 0 Å². The molecular formula is C50H33NOS. The third kappa shape index (κ3) is 4.57. The van der Waals surface area contributed by atoms with Gasteiger partial charge in [0.1, 0.15) is 11.2 Å². The number of furan rings is 1. The van der Waals surface area contributed by atoms with Crippen LogP contribution in [0.25, 0.3) is 64.4 Å². The molecular weight excluding hydrogens is 663 g/mol. The van der Waals surface area contributed by atoms with E-state index < -0.39 is 0 Å². The molecule has 0 fully saturated rings. The van der Waals surface area contributed by atoms with Crippen LogP contribution in [0.3, 0.4) is 0 Å². The van der Waals surface area contributed by atoms with Crippen LogP contribution in [0.4, 0.5) is 17.1 Å². The summed E-state index contributed by atoms with van der Waals surface area (Å²) >= 11 is 1.85. The fraction of sp³-hybridized carbons (Fsp3) is 0.0400. The van der Waals surface area contributed by atoms with Crippen LogP contribution >= 0.6 is 11.3 Å². The van der Waals surface area contributed by atoms with E-state index in [4.69, 9.17) is 4.42 Å². The van der Waals surface area contributed by atoms with Gasteiger partial charge < -0.3 is 9.32 Å². The molecule has 11 rings (SSSR count). The zero-order valence-electron chi connectivity index (χ0n) is 29.1. The molecule has 0 saturated carbocycles. The molecule has 0 N–H and O–H groups in total. The van der Waals surface area contributed by atoms with E-state index in [-0.39, 0.29) is 5.41 Å². The normalized spacial score (nSPS) is 13.2. The number of fused-ring (bicyclic) bond motifs is 9. The Balaban J connectivity index is 1.05. The van der Waals surface area contributed by atoms with E-state index in [9.17, 15) is 0 Å². The van der Waals surface area contributed by atoms with Crippen LogP contribution < -0.4 is 4.90 Å². The largest absolute Gasteiger partial charge is 0.456 e. The standard InChI is InChI=1S/C50H33NOS/c1-50(44-16-8-5-13-38(44)39-14-6-9-17-45(39)50)34-21-26-40-41-27-24-36(30-47(41)52-46(40)29-34)51(35-22-19-33(20-23-35)32-11-3-2-4-12-32)37-25-28-43-42-15-7-10-18-48(42)53-49(43)31-37/h2-31H,1H3. The molecule has 0 amide bonds. The first-order valence-corrected chi connectivity index (χ1v) is 19.0. The molecule has 0 spiro atoms. The van der Waals surface area contributed by atoms with Gasteiger partial charge in [-0.15, -0.1) is 11.3 Å². The molecule has 0 unspecified atom stereocenters. The van der Waals surface area contributed by atoms with Crippen molar-refractivity contribution in [3.05, 3.63) is 199 Å². The van der Waals surface area contributed by atoms with E-state index >= 15 is 0 Å². The number of nitrogens with zero attached hydrogens (tertiary/aromatic N) is 1. The number of benzene rings is 8. The number of anilines is 3. The van der Waals surface area contributed by atoms with E-state index in [1.165, 1.54) is 59.1 Å². The van der Waals surface area contributed by atoms with Gasteiger partial charge in [-0.05, 0) is 94.4 Å². The van der Waals surface area contributed by atoms with Crippen molar-refractivity contribution in [1.29, 1.82) is 0 Å². The summed E-state index contributed by atoms with van der Waals surface area (Å²) < 4.78 is 9.38. The van der Waals surface area contributed by atoms with Gasteiger partial charge in [-0.25, -0.2) is 0 Å². The molecule has 250 valence electrons. The third-order valence-electron chi connectivity index (χ3n) is 11.4. The maximum absolute atomic E-state index is 6.80. The molecule has 1 aliphatic carbocycles. The average molecular weight is 696 g/mol. The number of thiophene rings is 1. The van der Waals surface area contributed by atoms with E-state index in [0.717, 1.165) is 39.0 Å². The van der Waals surface area contributed by atoms with Crippen LogP contribution in [0.15, 0.2) is 186 Å². The highest BCUT2D eigenvalue weighted by atomic mass is 32.1. The fourth-order valence-electron chi connectivity index (χ4n) is 8.71. The summed E-state index contributed by atoms with van der Waals surface area (Å²) in [5.74, 6) is 0. The Morgan fingerprint density at radius 1 is 0.434 bits per heavy atom. The molecule has 2 heterocycles. The van der Waals surface area contributed by atoms with Crippen molar-refractivity contribution in [2.75, 3.05) is 4.90 Å². The number of hydrogen-bond acceptors (Lipinski definition) is 3. The zero-order valence-corrected chi connectivity index (χ0v) is 29.9. The minimum Gasteiger partial charge on any atom is -0.456 e. The average Bonchev–Trinajstić information content (AvgIpc) is 3.86. The molecule has 0 atom stereocenters. The molecule has 10 aromatic rings. The molecule has 0 bridgehead atoms. The summed E-state index contributed by atoms with van der Waals surface area (Å²) in [6, 6.07) is 66.1. The van der Waals surface area contributed by atoms with Gasteiger partial charge >= 0.3 is 0 Å². The maximum Gasteiger partial charge on any atom is 0.137 e. The van der Waals surface area contributed by atoms with Crippen molar-refractivity contribution in [2.45, 2.75) is 12.3 Å². The molecule has 2 nitrogen and oxygen atoms in total. The van der Waals surface area contributed by atoms with Gasteiger partial charge in [0.2, 0.25) is 0 Å². The Kier molecular flexibility index (Phi) is 6.58. The highest BCUT2D eigenvalue weighted by molar-refractivity contribution is 7.25. The summed E-state index contributed by atoms with van der Waals surface area (Å²) in [7, 11) is 0. The summed E-state index contributed by atoms with van der Waals surface area (Å²) in [5, 5.41) is 4.84. The van der Waals surface area contributed by atoms with Crippen LogP contribution in [0.1, 0.15) is 23.6 Å². The molecule has 0 aliphatic heterocycles. The Labute approximate surface area is 311 Å². The third-order valence-corrected chi connectivity index (χ3v) is 12.5. The van der Waals surface area contributed by atoms with E-state index in [1.807, 2.05) is 11.3 Å². The van der Waals surface area contributed by atoms with E-state index in [2.05, 4.69) is 194 Å². The molecule has 3 heteroatoms. The summed E-state index contributed by atoms with van der Waals surface area (Å²) in [4.78, 5) is 2.35. The predicted octanol–water partition coefficient (Wildman–Crippen LogP) is 14.4. The van der Waals surface area contributed by atoms with Crippen molar-refractivity contribution in [3.63, 3.8) is 0 Å². The zero-order chi connectivity index (χ0) is 35.1. The van der Waals surface area contributed by atoms with Crippen molar-refractivity contribution in [1.82, 2.24) is 0 Å².